The van der Waals surface area contributed by atoms with E-state index in [4.69, 9.17) is 5.73 Å². The van der Waals surface area contributed by atoms with E-state index in [-0.39, 0.29) is 5.95 Å². The second-order valence-corrected chi connectivity index (χ2v) is 4.70. The van der Waals surface area contributed by atoms with Crippen LogP contribution in [0.2, 0.25) is 0 Å². The molecule has 3 N–H and O–H groups in total. The molecule has 0 amide bonds. The average Bonchev–Trinajstić information content (AvgIpc) is 2.29. The first-order valence-electron chi connectivity index (χ1n) is 5.18. The highest BCUT2D eigenvalue weighted by Crippen LogP contribution is 2.24. The number of aromatic nitrogens is 2. The highest BCUT2D eigenvalue weighted by atomic mass is 79.9. The fourth-order valence-corrected chi connectivity index (χ4v) is 1.77. The summed E-state index contributed by atoms with van der Waals surface area (Å²) >= 11 is 3.49. The Morgan fingerprint density at radius 3 is 2.71 bits per heavy atom. The van der Waals surface area contributed by atoms with Crippen molar-refractivity contribution in [1.82, 2.24) is 9.97 Å². The molecule has 1 heterocycles. The van der Waals surface area contributed by atoms with Crippen molar-refractivity contribution in [3.05, 3.63) is 40.0 Å². The lowest BCUT2D eigenvalue weighted by atomic mass is 10.2. The zero-order chi connectivity index (χ0) is 12.4. The van der Waals surface area contributed by atoms with E-state index in [0.717, 1.165) is 21.5 Å². The third kappa shape index (κ3) is 2.74. The lowest BCUT2D eigenvalue weighted by molar-refractivity contribution is 1.15. The van der Waals surface area contributed by atoms with Crippen LogP contribution >= 0.6 is 15.9 Å². The normalized spacial score (nSPS) is 10.3. The van der Waals surface area contributed by atoms with Crippen LogP contribution in [0.4, 0.5) is 17.5 Å². The molecule has 88 valence electrons. The minimum Gasteiger partial charge on any atom is -0.368 e. The highest BCUT2D eigenvalue weighted by Gasteiger charge is 2.03. The predicted molar refractivity (Wildman–Crippen MR) is 73.3 cm³/mol. The third-order valence-electron chi connectivity index (χ3n) is 2.42. The second kappa shape index (κ2) is 4.71. The lowest BCUT2D eigenvalue weighted by Gasteiger charge is -2.09. The van der Waals surface area contributed by atoms with Crippen molar-refractivity contribution in [3.8, 4) is 0 Å². The Morgan fingerprint density at radius 1 is 1.24 bits per heavy atom. The molecule has 0 aliphatic rings. The second-order valence-electron chi connectivity index (χ2n) is 3.85. The maximum atomic E-state index is 5.56. The molecule has 0 radical (unpaired) electrons. The predicted octanol–water partition coefficient (Wildman–Crippen LogP) is 3.18. The van der Waals surface area contributed by atoms with Gasteiger partial charge in [-0.2, -0.15) is 4.98 Å². The van der Waals surface area contributed by atoms with Crippen molar-refractivity contribution in [2.75, 3.05) is 11.1 Å². The van der Waals surface area contributed by atoms with Crippen molar-refractivity contribution in [2.24, 2.45) is 0 Å². The maximum Gasteiger partial charge on any atom is 0.221 e. The summed E-state index contributed by atoms with van der Waals surface area (Å²) in [6.07, 6.45) is 1.70. The number of nitrogens with two attached hydrogens (primary N) is 1. The zero-order valence-corrected chi connectivity index (χ0v) is 11.2. The molecule has 0 saturated heterocycles. The maximum absolute atomic E-state index is 5.56. The van der Waals surface area contributed by atoms with E-state index in [1.165, 1.54) is 5.56 Å². The summed E-state index contributed by atoms with van der Waals surface area (Å²) in [5.41, 5.74) is 8.67. The van der Waals surface area contributed by atoms with Gasteiger partial charge in [-0.25, -0.2) is 4.98 Å². The van der Waals surface area contributed by atoms with E-state index in [9.17, 15) is 0 Å². The SMILES string of the molecule is Cc1ccc(Nc2nc(N)ncc2C)cc1Br. The Kier molecular flexibility index (Phi) is 3.28. The molecule has 5 heteroatoms. The van der Waals surface area contributed by atoms with Crippen LogP contribution in [0.15, 0.2) is 28.9 Å². The van der Waals surface area contributed by atoms with Crippen LogP contribution in [0, 0.1) is 13.8 Å². The smallest absolute Gasteiger partial charge is 0.221 e. The number of anilines is 3. The summed E-state index contributed by atoms with van der Waals surface area (Å²) in [4.78, 5) is 8.09. The van der Waals surface area contributed by atoms with Crippen LogP contribution in [0.3, 0.4) is 0 Å². The molecule has 2 aromatic rings. The minimum absolute atomic E-state index is 0.268. The molecular formula is C12H13BrN4. The minimum atomic E-state index is 0.268. The quantitative estimate of drug-likeness (QED) is 0.892. The molecule has 0 bridgehead atoms. The van der Waals surface area contributed by atoms with Gasteiger partial charge >= 0.3 is 0 Å². The van der Waals surface area contributed by atoms with Gasteiger partial charge in [-0.3, -0.25) is 0 Å². The molecule has 0 saturated carbocycles. The van der Waals surface area contributed by atoms with Gasteiger partial charge in [0.25, 0.3) is 0 Å². The highest BCUT2D eigenvalue weighted by molar-refractivity contribution is 9.10. The standard InChI is InChI=1S/C12H13BrN4/c1-7-3-4-9(5-10(7)13)16-11-8(2)6-15-12(14)17-11/h3-6H,1-2H3,(H3,14,15,16,17). The van der Waals surface area contributed by atoms with E-state index in [2.05, 4.69) is 31.2 Å². The van der Waals surface area contributed by atoms with Crippen LogP contribution in [-0.4, -0.2) is 9.97 Å². The van der Waals surface area contributed by atoms with E-state index in [0.29, 0.717) is 0 Å². The number of hydrogen-bond acceptors (Lipinski definition) is 4. The molecule has 0 fully saturated rings. The van der Waals surface area contributed by atoms with Gasteiger partial charge in [-0.05, 0) is 31.5 Å². The number of rotatable bonds is 2. The van der Waals surface area contributed by atoms with Gasteiger partial charge in [-0.15, -0.1) is 0 Å². The number of nitrogens with one attached hydrogen (secondary N) is 1. The van der Waals surface area contributed by atoms with E-state index >= 15 is 0 Å². The Balaban J connectivity index is 2.31. The molecule has 0 spiro atoms. The molecule has 1 aromatic heterocycles. The molecule has 0 aliphatic heterocycles. The van der Waals surface area contributed by atoms with Crippen molar-refractivity contribution < 1.29 is 0 Å². The number of hydrogen-bond donors (Lipinski definition) is 2. The van der Waals surface area contributed by atoms with Crippen LogP contribution in [0.1, 0.15) is 11.1 Å². The van der Waals surface area contributed by atoms with Crippen molar-refractivity contribution in [2.45, 2.75) is 13.8 Å². The third-order valence-corrected chi connectivity index (χ3v) is 3.28. The molecule has 0 atom stereocenters. The lowest BCUT2D eigenvalue weighted by Crippen LogP contribution is -2.01. The average molecular weight is 293 g/mol. The van der Waals surface area contributed by atoms with Gasteiger partial charge < -0.3 is 11.1 Å². The van der Waals surface area contributed by atoms with Crippen molar-refractivity contribution >= 4 is 33.4 Å². The summed E-state index contributed by atoms with van der Waals surface area (Å²) < 4.78 is 1.06. The number of nitrogens with zero attached hydrogens (tertiary/aromatic N) is 2. The Labute approximate surface area is 108 Å². The molecular weight excluding hydrogens is 280 g/mol. The van der Waals surface area contributed by atoms with E-state index in [1.54, 1.807) is 6.20 Å². The van der Waals surface area contributed by atoms with E-state index < -0.39 is 0 Å². The van der Waals surface area contributed by atoms with Crippen molar-refractivity contribution in [3.63, 3.8) is 0 Å². The molecule has 1 aromatic carbocycles. The first-order chi connectivity index (χ1) is 8.06. The first-order valence-corrected chi connectivity index (χ1v) is 5.98. The van der Waals surface area contributed by atoms with E-state index in [1.807, 2.05) is 32.0 Å². The summed E-state index contributed by atoms with van der Waals surface area (Å²) in [5, 5.41) is 3.22. The Morgan fingerprint density at radius 2 is 2.00 bits per heavy atom. The molecule has 17 heavy (non-hydrogen) atoms. The molecule has 0 unspecified atom stereocenters. The van der Waals surface area contributed by atoms with Crippen LogP contribution in [0.25, 0.3) is 0 Å². The fourth-order valence-electron chi connectivity index (χ4n) is 1.39. The summed E-state index contributed by atoms with van der Waals surface area (Å²) in [6.45, 7) is 3.98. The summed E-state index contributed by atoms with van der Waals surface area (Å²) in [5.74, 6) is 0.998. The molecule has 0 aliphatic carbocycles. The van der Waals surface area contributed by atoms with Gasteiger partial charge in [0.1, 0.15) is 5.82 Å². The number of halogens is 1. The van der Waals surface area contributed by atoms with Gasteiger partial charge in [0.15, 0.2) is 0 Å². The van der Waals surface area contributed by atoms with Gasteiger partial charge in [0.2, 0.25) is 5.95 Å². The van der Waals surface area contributed by atoms with Crippen molar-refractivity contribution in [1.29, 1.82) is 0 Å². The topological polar surface area (TPSA) is 63.8 Å². The monoisotopic (exact) mass is 292 g/mol. The zero-order valence-electron chi connectivity index (χ0n) is 9.66. The molecule has 2 rings (SSSR count). The fraction of sp³-hybridized carbons (Fsp3) is 0.167. The first kappa shape index (κ1) is 11.9. The molecule has 4 nitrogen and oxygen atoms in total. The van der Waals surface area contributed by atoms with Gasteiger partial charge in [0, 0.05) is 21.9 Å². The van der Waals surface area contributed by atoms with Crippen LogP contribution in [-0.2, 0) is 0 Å². The largest absolute Gasteiger partial charge is 0.368 e. The summed E-state index contributed by atoms with van der Waals surface area (Å²) in [6, 6.07) is 6.04. The van der Waals surface area contributed by atoms with Crippen LogP contribution < -0.4 is 11.1 Å². The van der Waals surface area contributed by atoms with Crippen LogP contribution in [0.5, 0.6) is 0 Å². The number of benzene rings is 1. The van der Waals surface area contributed by atoms with Gasteiger partial charge in [-0.1, -0.05) is 22.0 Å². The summed E-state index contributed by atoms with van der Waals surface area (Å²) in [7, 11) is 0. The Hall–Kier alpha value is -1.62. The number of aryl methyl sites for hydroxylation is 2. The van der Waals surface area contributed by atoms with Gasteiger partial charge in [0.05, 0.1) is 0 Å². The Bertz CT molecular complexity index is 554. The number of nitrogen functional groups attached to an aromatic ring is 1.